The maximum absolute atomic E-state index is 14.3. The van der Waals surface area contributed by atoms with Crippen molar-refractivity contribution in [2.45, 2.75) is 26.3 Å². The van der Waals surface area contributed by atoms with E-state index in [2.05, 4.69) is 5.10 Å². The summed E-state index contributed by atoms with van der Waals surface area (Å²) < 4.78 is 17.9. The van der Waals surface area contributed by atoms with Gasteiger partial charge in [0, 0.05) is 24.7 Å². The van der Waals surface area contributed by atoms with Gasteiger partial charge in [-0.3, -0.25) is 19.5 Å². The maximum Gasteiger partial charge on any atom is 0.282 e. The predicted octanol–water partition coefficient (Wildman–Crippen LogP) is 3.23. The molecule has 0 aliphatic carbocycles. The molecular formula is C29H32N4O6. The molecule has 0 atom stereocenters. The number of carbonyl (C=O) groups is 2. The van der Waals surface area contributed by atoms with Crippen LogP contribution in [0.1, 0.15) is 26.3 Å². The van der Waals surface area contributed by atoms with Crippen molar-refractivity contribution < 1.29 is 23.8 Å². The Morgan fingerprint density at radius 3 is 2.21 bits per heavy atom. The molecule has 0 unspecified atom stereocenters. The molecule has 0 bridgehead atoms. The number of amides is 2. The van der Waals surface area contributed by atoms with E-state index in [0.29, 0.717) is 43.5 Å². The number of ether oxygens (including phenoxy) is 3. The molecule has 2 amide bonds. The standard InChI is InChI=1S/C29H32N4O6/c1-29(2,3)33-27(35)22(24(30-33)18-9-7-6-8-10-18)23-25(31-13-15-39-16-14-31)28(36)32(26(23)34)20-12-11-19(37-4)17-21(20)38-5/h6-12,17,30H,13-16H2,1-5H3. The van der Waals surface area contributed by atoms with Gasteiger partial charge in [0.1, 0.15) is 17.2 Å². The van der Waals surface area contributed by atoms with Gasteiger partial charge in [-0.15, -0.1) is 0 Å². The third-order valence-electron chi connectivity index (χ3n) is 6.89. The fourth-order valence-corrected chi connectivity index (χ4v) is 4.97. The summed E-state index contributed by atoms with van der Waals surface area (Å²) in [4.78, 5) is 45.4. The number of H-pyrrole nitrogens is 1. The average molecular weight is 533 g/mol. The number of aromatic nitrogens is 2. The summed E-state index contributed by atoms with van der Waals surface area (Å²) in [7, 11) is 2.98. The molecule has 2 aliphatic heterocycles. The summed E-state index contributed by atoms with van der Waals surface area (Å²) in [6.45, 7) is 7.31. The number of nitrogens with one attached hydrogen (secondary N) is 1. The molecule has 1 N–H and O–H groups in total. The van der Waals surface area contributed by atoms with Crippen molar-refractivity contribution >= 4 is 23.1 Å². The zero-order valence-corrected chi connectivity index (χ0v) is 22.7. The van der Waals surface area contributed by atoms with Crippen LogP contribution in [-0.2, 0) is 19.9 Å². The first-order valence-electron chi connectivity index (χ1n) is 12.8. The van der Waals surface area contributed by atoms with Gasteiger partial charge in [0.25, 0.3) is 17.4 Å². The molecule has 10 nitrogen and oxygen atoms in total. The molecule has 0 spiro atoms. The van der Waals surface area contributed by atoms with Gasteiger partial charge in [0.05, 0.1) is 55.5 Å². The number of morpholine rings is 1. The molecule has 5 rings (SSSR count). The normalized spacial score (nSPS) is 16.3. The molecular weight excluding hydrogens is 500 g/mol. The Hall–Kier alpha value is -4.31. The van der Waals surface area contributed by atoms with Crippen LogP contribution in [0.15, 0.2) is 59.0 Å². The molecule has 1 aromatic heterocycles. The van der Waals surface area contributed by atoms with Gasteiger partial charge in [-0.2, -0.15) is 0 Å². The van der Waals surface area contributed by atoms with Gasteiger partial charge in [0.15, 0.2) is 0 Å². The number of anilines is 1. The van der Waals surface area contributed by atoms with E-state index in [-0.39, 0.29) is 28.1 Å². The van der Waals surface area contributed by atoms with E-state index < -0.39 is 17.4 Å². The predicted molar refractivity (Wildman–Crippen MR) is 147 cm³/mol. The van der Waals surface area contributed by atoms with Crippen LogP contribution < -0.4 is 19.9 Å². The van der Waals surface area contributed by atoms with Crippen LogP contribution in [0.4, 0.5) is 5.69 Å². The number of aromatic amines is 1. The largest absolute Gasteiger partial charge is 0.497 e. The highest BCUT2D eigenvalue weighted by atomic mass is 16.5. The fraction of sp³-hybridized carbons (Fsp3) is 0.345. The van der Waals surface area contributed by atoms with Crippen LogP contribution in [0.3, 0.4) is 0 Å². The molecule has 39 heavy (non-hydrogen) atoms. The van der Waals surface area contributed by atoms with Gasteiger partial charge in [-0.1, -0.05) is 30.3 Å². The van der Waals surface area contributed by atoms with Crippen molar-refractivity contribution in [2.24, 2.45) is 0 Å². The summed E-state index contributed by atoms with van der Waals surface area (Å²) in [5, 5.41) is 3.24. The highest BCUT2D eigenvalue weighted by molar-refractivity contribution is 6.46. The lowest BCUT2D eigenvalue weighted by molar-refractivity contribution is -0.121. The SMILES string of the molecule is COc1ccc(N2C(=O)C(c3c(-c4ccccc4)[nH]n(C(C)(C)C)c3=O)=C(N3CCOCC3)C2=O)c(OC)c1. The molecule has 204 valence electrons. The highest BCUT2D eigenvalue weighted by Gasteiger charge is 2.46. The van der Waals surface area contributed by atoms with Crippen LogP contribution in [-0.4, -0.2) is 67.0 Å². The number of hydrogen-bond donors (Lipinski definition) is 1. The first-order valence-corrected chi connectivity index (χ1v) is 12.8. The maximum atomic E-state index is 14.3. The first kappa shape index (κ1) is 26.3. The number of rotatable bonds is 6. The van der Waals surface area contributed by atoms with Crippen molar-refractivity contribution in [1.29, 1.82) is 0 Å². The van der Waals surface area contributed by atoms with E-state index in [1.54, 1.807) is 18.2 Å². The lowest BCUT2D eigenvalue weighted by Gasteiger charge is -2.29. The number of imide groups is 1. The van der Waals surface area contributed by atoms with Crippen LogP contribution in [0.2, 0.25) is 0 Å². The number of hydrogen-bond acceptors (Lipinski definition) is 7. The summed E-state index contributed by atoms with van der Waals surface area (Å²) in [5.74, 6) is -0.314. The number of methoxy groups -OCH3 is 2. The summed E-state index contributed by atoms with van der Waals surface area (Å²) in [6.07, 6.45) is 0. The lowest BCUT2D eigenvalue weighted by atomic mass is 9.99. The van der Waals surface area contributed by atoms with Crippen molar-refractivity contribution in [2.75, 3.05) is 45.4 Å². The lowest BCUT2D eigenvalue weighted by Crippen LogP contribution is -2.40. The third-order valence-corrected chi connectivity index (χ3v) is 6.89. The zero-order valence-electron chi connectivity index (χ0n) is 22.7. The van der Waals surface area contributed by atoms with Gasteiger partial charge < -0.3 is 19.1 Å². The second-order valence-electron chi connectivity index (χ2n) is 10.3. The van der Waals surface area contributed by atoms with Gasteiger partial charge in [-0.05, 0) is 32.9 Å². The van der Waals surface area contributed by atoms with Crippen LogP contribution >= 0.6 is 0 Å². The Morgan fingerprint density at radius 1 is 0.897 bits per heavy atom. The Bertz CT molecular complexity index is 1510. The summed E-state index contributed by atoms with van der Waals surface area (Å²) in [6, 6.07) is 14.2. The van der Waals surface area contributed by atoms with E-state index in [4.69, 9.17) is 14.2 Å². The zero-order chi connectivity index (χ0) is 27.9. The minimum atomic E-state index is -0.608. The van der Waals surface area contributed by atoms with Crippen molar-refractivity contribution in [3.63, 3.8) is 0 Å². The Labute approximate surface area is 226 Å². The number of benzene rings is 2. The molecule has 3 aromatic rings. The minimum Gasteiger partial charge on any atom is -0.497 e. The number of nitrogens with zero attached hydrogens (tertiary/aromatic N) is 3. The Kier molecular flexibility index (Phi) is 6.82. The quantitative estimate of drug-likeness (QED) is 0.486. The van der Waals surface area contributed by atoms with Crippen LogP contribution in [0, 0.1) is 0 Å². The fourth-order valence-electron chi connectivity index (χ4n) is 4.97. The third kappa shape index (κ3) is 4.50. The average Bonchev–Trinajstić information content (AvgIpc) is 3.41. The molecule has 1 fully saturated rings. The second-order valence-corrected chi connectivity index (χ2v) is 10.3. The van der Waals surface area contributed by atoms with E-state index in [9.17, 15) is 14.4 Å². The van der Waals surface area contributed by atoms with E-state index in [0.717, 1.165) is 10.5 Å². The molecule has 2 aliphatic rings. The molecule has 3 heterocycles. The minimum absolute atomic E-state index is 0.0582. The van der Waals surface area contributed by atoms with Gasteiger partial charge in [-0.25, -0.2) is 9.58 Å². The number of carbonyl (C=O) groups excluding carboxylic acids is 2. The highest BCUT2D eigenvalue weighted by Crippen LogP contribution is 2.41. The molecule has 0 radical (unpaired) electrons. The molecule has 1 saturated heterocycles. The van der Waals surface area contributed by atoms with Gasteiger partial charge in [0.2, 0.25) is 0 Å². The summed E-state index contributed by atoms with van der Waals surface area (Å²) >= 11 is 0. The Morgan fingerprint density at radius 2 is 1.59 bits per heavy atom. The van der Waals surface area contributed by atoms with E-state index >= 15 is 0 Å². The molecule has 2 aromatic carbocycles. The van der Waals surface area contributed by atoms with E-state index in [1.165, 1.54) is 18.9 Å². The topological polar surface area (TPSA) is 106 Å². The molecule has 0 saturated carbocycles. The second kappa shape index (κ2) is 10.1. The van der Waals surface area contributed by atoms with Crippen LogP contribution in [0.25, 0.3) is 16.8 Å². The monoisotopic (exact) mass is 532 g/mol. The first-order chi connectivity index (χ1) is 18.7. The van der Waals surface area contributed by atoms with Gasteiger partial charge >= 0.3 is 0 Å². The molecule has 10 heteroatoms. The van der Waals surface area contributed by atoms with Crippen molar-refractivity contribution in [3.8, 4) is 22.8 Å². The van der Waals surface area contributed by atoms with E-state index in [1.807, 2.05) is 56.0 Å². The van der Waals surface area contributed by atoms with Crippen molar-refractivity contribution in [3.05, 3.63) is 70.1 Å². The van der Waals surface area contributed by atoms with Crippen molar-refractivity contribution in [1.82, 2.24) is 14.7 Å². The Balaban J connectivity index is 1.78. The smallest absolute Gasteiger partial charge is 0.282 e. The summed E-state index contributed by atoms with van der Waals surface area (Å²) in [5.41, 5.74) is 0.865. The van der Waals surface area contributed by atoms with Crippen LogP contribution in [0.5, 0.6) is 11.5 Å².